The van der Waals surface area contributed by atoms with Crippen LogP contribution in [0.4, 0.5) is 0 Å². The van der Waals surface area contributed by atoms with Gasteiger partial charge in [0.15, 0.2) is 11.5 Å². The van der Waals surface area contributed by atoms with Crippen LogP contribution in [0.25, 0.3) is 0 Å². The summed E-state index contributed by atoms with van der Waals surface area (Å²) in [6.07, 6.45) is 0. The Hall–Kier alpha value is -3.36. The number of rotatable bonds is 10. The van der Waals surface area contributed by atoms with Crippen LogP contribution in [0.15, 0.2) is 36.4 Å². The van der Waals surface area contributed by atoms with Gasteiger partial charge in [-0.05, 0) is 50.2 Å². The molecule has 0 saturated heterocycles. The highest BCUT2D eigenvalue weighted by Gasteiger charge is 2.15. The molecule has 0 bridgehead atoms. The van der Waals surface area contributed by atoms with Crippen molar-refractivity contribution in [2.24, 2.45) is 0 Å². The van der Waals surface area contributed by atoms with Crippen molar-refractivity contribution in [3.63, 3.8) is 0 Å². The third-order valence-electron chi connectivity index (χ3n) is 3.78. The fraction of sp³-hybridized carbons (Fsp3) is 0.300. The first-order chi connectivity index (χ1) is 14.0. The van der Waals surface area contributed by atoms with Gasteiger partial charge in [0.1, 0.15) is 11.5 Å². The van der Waals surface area contributed by atoms with Crippen molar-refractivity contribution in [1.29, 1.82) is 0 Å². The lowest BCUT2D eigenvalue weighted by atomic mass is 10.2. The van der Waals surface area contributed by atoms with E-state index in [0.29, 0.717) is 34.1 Å². The molecule has 0 atom stereocenters. The number of esters is 2. The Bertz CT molecular complexity index is 783. The van der Waals surface area contributed by atoms with Crippen molar-refractivity contribution in [3.8, 4) is 23.0 Å². The van der Waals surface area contributed by atoms with E-state index in [4.69, 9.17) is 28.3 Å². The zero-order valence-electron chi connectivity index (χ0n) is 16.9. The summed E-state index contributed by atoms with van der Waals surface area (Å²) in [5.74, 6) is 0.623. The second-order valence-electron chi connectivity index (χ2n) is 5.58. The number of methoxy groups -OCH3 is 2. The summed E-state index contributed by atoms with van der Waals surface area (Å²) < 4.78 is 31.7. The molecule has 0 aliphatic rings. The molecule has 0 N–H and O–H groups in total. The second-order valence-corrected chi connectivity index (χ2v) is 5.58. The summed E-state index contributed by atoms with van der Waals surface area (Å²) in [5.41, 5.74) is 0.710. The van der Waals surface area contributed by atoms with Crippen molar-refractivity contribution < 1.29 is 37.8 Å². The van der Waals surface area contributed by atoms with Crippen LogP contribution in [0.1, 0.15) is 34.6 Å². The van der Waals surface area contributed by atoms with Crippen LogP contribution in [0.3, 0.4) is 0 Å². The van der Waals surface area contributed by atoms with E-state index < -0.39 is 11.9 Å². The quantitative estimate of drug-likeness (QED) is 0.443. The number of carbonyl (C=O) groups is 2. The normalized spacial score (nSPS) is 9.93. The van der Waals surface area contributed by atoms with Gasteiger partial charge >= 0.3 is 19.6 Å². The fourth-order valence-corrected chi connectivity index (χ4v) is 2.41. The van der Waals surface area contributed by atoms with E-state index >= 15 is 0 Å². The summed E-state index contributed by atoms with van der Waals surface area (Å²) in [5, 5.41) is 0. The van der Waals surface area contributed by atoms with Gasteiger partial charge in [0.05, 0.1) is 38.6 Å². The van der Waals surface area contributed by atoms with Gasteiger partial charge in [-0.1, -0.05) is 0 Å². The molecule has 2 aromatic rings. The van der Waals surface area contributed by atoms with E-state index in [2.05, 4.69) is 0 Å². The van der Waals surface area contributed by atoms with Gasteiger partial charge in [-0.2, -0.15) is 0 Å². The average molecular weight is 402 g/mol. The van der Waals surface area contributed by atoms with Crippen LogP contribution >= 0.6 is 0 Å². The predicted molar refractivity (Wildman–Crippen MR) is 106 cm³/mol. The number of ether oxygens (including phenoxy) is 4. The standard InChI is InChI=1S/C20H23BO8/c1-5-26-19(22)13-7-9-15(17(11-13)24-3)28-21-29-16-10-8-14(12-18(16)25-4)20(23)27-6-2/h7-12,21H,5-6H2,1-4H3. The van der Waals surface area contributed by atoms with Crippen LogP contribution in [0.5, 0.6) is 23.0 Å². The first-order valence-electron chi connectivity index (χ1n) is 8.99. The summed E-state index contributed by atoms with van der Waals surface area (Å²) >= 11 is 0. The smallest absolute Gasteiger partial charge is 0.526 e. The SMILES string of the molecule is CCOC(=O)c1ccc(OBOc2ccc(C(=O)OCC)cc2OC)c(OC)c1. The van der Waals surface area contributed by atoms with Crippen molar-refractivity contribution in [3.05, 3.63) is 47.5 Å². The molecule has 0 amide bonds. The highest BCUT2D eigenvalue weighted by atomic mass is 16.6. The second kappa shape index (κ2) is 10.8. The molecule has 0 aromatic heterocycles. The molecule has 0 unspecified atom stereocenters. The van der Waals surface area contributed by atoms with Gasteiger partial charge in [-0.25, -0.2) is 9.59 Å². The van der Waals surface area contributed by atoms with Crippen molar-refractivity contribution >= 4 is 19.6 Å². The van der Waals surface area contributed by atoms with E-state index in [0.717, 1.165) is 0 Å². The molecule has 2 aromatic carbocycles. The minimum Gasteiger partial charge on any atom is -0.526 e. The molecule has 0 aliphatic heterocycles. The molecule has 9 heteroatoms. The Kier molecular flexibility index (Phi) is 8.20. The molecular formula is C20H23BO8. The van der Waals surface area contributed by atoms with Gasteiger partial charge in [-0.15, -0.1) is 0 Å². The number of hydrogen-bond donors (Lipinski definition) is 0. The zero-order chi connectivity index (χ0) is 21.2. The topological polar surface area (TPSA) is 89.5 Å². The Morgan fingerprint density at radius 3 is 1.48 bits per heavy atom. The first kappa shape index (κ1) is 21.9. The zero-order valence-corrected chi connectivity index (χ0v) is 16.9. The predicted octanol–water partition coefficient (Wildman–Crippen LogP) is 2.78. The van der Waals surface area contributed by atoms with Crippen LogP contribution < -0.4 is 18.8 Å². The van der Waals surface area contributed by atoms with Gasteiger partial charge in [0, 0.05) is 0 Å². The number of carbonyl (C=O) groups excluding carboxylic acids is 2. The van der Waals surface area contributed by atoms with Crippen LogP contribution in [0.2, 0.25) is 0 Å². The lowest BCUT2D eigenvalue weighted by Gasteiger charge is -2.14. The molecule has 0 saturated carbocycles. The molecule has 154 valence electrons. The highest BCUT2D eigenvalue weighted by Crippen LogP contribution is 2.30. The maximum absolute atomic E-state index is 11.8. The maximum Gasteiger partial charge on any atom is 0.576 e. The molecule has 2 rings (SSSR count). The van der Waals surface area contributed by atoms with Crippen molar-refractivity contribution in [2.75, 3.05) is 27.4 Å². The summed E-state index contributed by atoms with van der Waals surface area (Å²) in [6, 6.07) is 9.39. The minimum absolute atomic E-state index is 0.149. The summed E-state index contributed by atoms with van der Waals surface area (Å²) in [6.45, 7) is 4.03. The van der Waals surface area contributed by atoms with Gasteiger partial charge in [0.25, 0.3) is 0 Å². The van der Waals surface area contributed by atoms with E-state index in [1.807, 2.05) is 0 Å². The van der Waals surface area contributed by atoms with Crippen LogP contribution in [0, 0.1) is 0 Å². The first-order valence-corrected chi connectivity index (χ1v) is 8.99. The molecule has 8 nitrogen and oxygen atoms in total. The largest absolute Gasteiger partial charge is 0.576 e. The molecule has 0 radical (unpaired) electrons. The molecule has 0 fully saturated rings. The lowest BCUT2D eigenvalue weighted by Crippen LogP contribution is -2.13. The Morgan fingerprint density at radius 1 is 0.724 bits per heavy atom. The fourth-order valence-electron chi connectivity index (χ4n) is 2.41. The molecule has 0 aliphatic carbocycles. The van der Waals surface area contributed by atoms with Gasteiger partial charge < -0.3 is 28.3 Å². The highest BCUT2D eigenvalue weighted by molar-refractivity contribution is 6.21. The van der Waals surface area contributed by atoms with Crippen molar-refractivity contribution in [1.82, 2.24) is 0 Å². The van der Waals surface area contributed by atoms with Crippen LogP contribution in [-0.4, -0.2) is 47.1 Å². The summed E-state index contributed by atoms with van der Waals surface area (Å²) in [4.78, 5) is 23.6. The third-order valence-corrected chi connectivity index (χ3v) is 3.78. The Balaban J connectivity index is 2.05. The van der Waals surface area contributed by atoms with E-state index in [1.54, 1.807) is 38.1 Å². The number of benzene rings is 2. The van der Waals surface area contributed by atoms with E-state index in [9.17, 15) is 9.59 Å². The van der Waals surface area contributed by atoms with Crippen LogP contribution in [-0.2, 0) is 9.47 Å². The Morgan fingerprint density at radius 2 is 1.14 bits per heavy atom. The van der Waals surface area contributed by atoms with E-state index in [1.165, 1.54) is 26.4 Å². The van der Waals surface area contributed by atoms with E-state index in [-0.39, 0.29) is 20.9 Å². The Labute approximate surface area is 169 Å². The molecule has 0 heterocycles. The lowest BCUT2D eigenvalue weighted by molar-refractivity contribution is 0.0516. The molecule has 29 heavy (non-hydrogen) atoms. The minimum atomic E-state index is -0.444. The third kappa shape index (κ3) is 5.81. The monoisotopic (exact) mass is 402 g/mol. The number of hydrogen-bond acceptors (Lipinski definition) is 8. The molecule has 0 spiro atoms. The maximum atomic E-state index is 11.8. The van der Waals surface area contributed by atoms with Crippen molar-refractivity contribution in [2.45, 2.75) is 13.8 Å². The van der Waals surface area contributed by atoms with Gasteiger partial charge in [0.2, 0.25) is 0 Å². The van der Waals surface area contributed by atoms with Gasteiger partial charge in [-0.3, -0.25) is 0 Å². The average Bonchev–Trinajstić information content (AvgIpc) is 2.74. The summed E-state index contributed by atoms with van der Waals surface area (Å²) in [7, 11) is 2.79. The molecular weight excluding hydrogens is 379 g/mol.